The monoisotopic (exact) mass is 419 g/mol. The molecule has 29 heavy (non-hydrogen) atoms. The first-order chi connectivity index (χ1) is 13.7. The van der Waals surface area contributed by atoms with Gasteiger partial charge >= 0.3 is 0 Å². The number of ether oxygens (including phenoxy) is 1. The second kappa shape index (κ2) is 9.26. The van der Waals surface area contributed by atoms with Gasteiger partial charge in [0.1, 0.15) is 0 Å². The lowest BCUT2D eigenvalue weighted by molar-refractivity contribution is -0.176. The minimum atomic E-state index is -0.335. The lowest BCUT2D eigenvalue weighted by Crippen LogP contribution is -2.53. The van der Waals surface area contributed by atoms with Crippen LogP contribution in [0.3, 0.4) is 0 Å². The zero-order chi connectivity index (χ0) is 19.0. The van der Waals surface area contributed by atoms with Gasteiger partial charge < -0.3 is 14.7 Å². The van der Waals surface area contributed by atoms with Crippen molar-refractivity contribution in [3.8, 4) is 0 Å². The molecule has 4 saturated carbocycles. The summed E-state index contributed by atoms with van der Waals surface area (Å²) in [5.41, 5.74) is 1.59. The maximum atomic E-state index is 10.6. The van der Waals surface area contributed by atoms with E-state index in [4.69, 9.17) is 4.74 Å². The Morgan fingerprint density at radius 2 is 1.55 bits per heavy atom. The van der Waals surface area contributed by atoms with Gasteiger partial charge in [-0.3, -0.25) is 0 Å². The summed E-state index contributed by atoms with van der Waals surface area (Å²) in [5, 5.41) is 10.6. The molecule has 0 amide bonds. The molecule has 5 aliphatic rings. The fourth-order valence-corrected chi connectivity index (χ4v) is 7.15. The van der Waals surface area contributed by atoms with Crippen LogP contribution in [0.15, 0.2) is 30.3 Å². The number of benzene rings is 1. The molecule has 0 radical (unpaired) electrons. The highest BCUT2D eigenvalue weighted by Gasteiger charge is 2.51. The second-order valence-electron chi connectivity index (χ2n) is 10.5. The van der Waals surface area contributed by atoms with Gasteiger partial charge in [-0.1, -0.05) is 30.3 Å². The summed E-state index contributed by atoms with van der Waals surface area (Å²) in [6, 6.07) is 10.9. The average Bonchev–Trinajstić information content (AvgIpc) is 2.68. The predicted octanol–water partition coefficient (Wildman–Crippen LogP) is 4.71. The molecule has 1 aliphatic heterocycles. The van der Waals surface area contributed by atoms with E-state index in [1.807, 2.05) is 0 Å². The summed E-state index contributed by atoms with van der Waals surface area (Å²) in [6.07, 6.45) is 11.5. The molecule has 4 bridgehead atoms. The van der Waals surface area contributed by atoms with Crippen LogP contribution in [0, 0.1) is 23.7 Å². The summed E-state index contributed by atoms with van der Waals surface area (Å²) in [7, 11) is 0. The van der Waals surface area contributed by atoms with Gasteiger partial charge in [0.15, 0.2) is 0 Å². The lowest BCUT2D eigenvalue weighted by Gasteiger charge is -2.56. The van der Waals surface area contributed by atoms with E-state index in [0.29, 0.717) is 6.61 Å². The van der Waals surface area contributed by atoms with Gasteiger partial charge in [0.25, 0.3) is 0 Å². The third-order valence-corrected chi connectivity index (χ3v) is 8.11. The van der Waals surface area contributed by atoms with Crippen LogP contribution in [0.2, 0.25) is 0 Å². The van der Waals surface area contributed by atoms with Crippen molar-refractivity contribution in [3.63, 3.8) is 0 Å². The van der Waals surface area contributed by atoms with Crippen LogP contribution in [-0.2, 0) is 11.2 Å². The minimum Gasteiger partial charge on any atom is -0.389 e. The van der Waals surface area contributed by atoms with Crippen LogP contribution in [0.5, 0.6) is 0 Å². The average molecular weight is 420 g/mol. The van der Waals surface area contributed by atoms with Crippen LogP contribution < -0.4 is 0 Å². The number of nitrogens with zero attached hydrogens (tertiary/aromatic N) is 1. The van der Waals surface area contributed by atoms with Crippen molar-refractivity contribution in [3.05, 3.63) is 35.9 Å². The summed E-state index contributed by atoms with van der Waals surface area (Å²) in [6.45, 7) is 3.55. The third kappa shape index (κ3) is 5.18. The highest BCUT2D eigenvalue weighted by Crippen LogP contribution is 2.57. The zero-order valence-corrected chi connectivity index (χ0v) is 18.5. The largest absolute Gasteiger partial charge is 0.389 e. The standard InChI is InChI=1S/C25H37NO2.ClH/c27-24(18-28-25-14-21-11-22(15-25)13-23(12-21)16-25)17-26-8-6-20(7-9-26)10-19-4-2-1-3-5-19;/h1-5,20-24,27H,6-18H2;1H. The van der Waals surface area contributed by atoms with E-state index in [0.717, 1.165) is 43.3 Å². The summed E-state index contributed by atoms with van der Waals surface area (Å²) in [5.74, 6) is 3.52. The summed E-state index contributed by atoms with van der Waals surface area (Å²) >= 11 is 0. The van der Waals surface area contributed by atoms with Gasteiger partial charge in [-0.15, -0.1) is 12.4 Å². The third-order valence-electron chi connectivity index (χ3n) is 8.11. The molecule has 1 unspecified atom stereocenters. The number of aliphatic hydroxyl groups excluding tert-OH is 1. The molecule has 1 N–H and O–H groups in total. The number of rotatable bonds is 7. The Hall–Kier alpha value is -0.610. The SMILES string of the molecule is Cl.OC(COC12CC3CC(CC(C3)C1)C2)CN1CCC(Cc2ccccc2)CC1. The molecule has 1 atom stereocenters. The summed E-state index contributed by atoms with van der Waals surface area (Å²) in [4.78, 5) is 2.45. The van der Waals surface area contributed by atoms with Crippen molar-refractivity contribution in [2.75, 3.05) is 26.2 Å². The number of β-amino-alcohol motifs (C(OH)–C–C–N with tert-alkyl or cyclic N) is 1. The fourth-order valence-electron chi connectivity index (χ4n) is 7.15. The number of aliphatic hydroxyl groups is 1. The Morgan fingerprint density at radius 1 is 0.966 bits per heavy atom. The Morgan fingerprint density at radius 3 is 2.14 bits per heavy atom. The van der Waals surface area contributed by atoms with Crippen molar-refractivity contribution < 1.29 is 9.84 Å². The highest BCUT2D eigenvalue weighted by molar-refractivity contribution is 5.85. The molecule has 1 aromatic rings. The molecule has 3 nitrogen and oxygen atoms in total. The van der Waals surface area contributed by atoms with Crippen molar-refractivity contribution in [1.82, 2.24) is 4.90 Å². The van der Waals surface area contributed by atoms with Crippen LogP contribution in [-0.4, -0.2) is 48.0 Å². The Balaban J connectivity index is 0.00000205. The number of hydrogen-bond donors (Lipinski definition) is 1. The second-order valence-corrected chi connectivity index (χ2v) is 10.5. The van der Waals surface area contributed by atoms with Crippen LogP contribution >= 0.6 is 12.4 Å². The van der Waals surface area contributed by atoms with Gasteiger partial charge in [0, 0.05) is 6.54 Å². The molecular formula is C25H38ClNO2. The molecule has 162 valence electrons. The van der Waals surface area contributed by atoms with E-state index >= 15 is 0 Å². The minimum absolute atomic E-state index is 0. The quantitative estimate of drug-likeness (QED) is 0.694. The van der Waals surface area contributed by atoms with Crippen LogP contribution in [0.25, 0.3) is 0 Å². The van der Waals surface area contributed by atoms with E-state index in [9.17, 15) is 5.11 Å². The van der Waals surface area contributed by atoms with E-state index in [1.54, 1.807) is 0 Å². The van der Waals surface area contributed by atoms with Crippen molar-refractivity contribution in [2.45, 2.75) is 69.5 Å². The molecule has 1 saturated heterocycles. The van der Waals surface area contributed by atoms with Crippen molar-refractivity contribution in [2.24, 2.45) is 23.7 Å². The van der Waals surface area contributed by atoms with E-state index in [2.05, 4.69) is 35.2 Å². The molecule has 1 heterocycles. The van der Waals surface area contributed by atoms with Gasteiger partial charge in [0.2, 0.25) is 0 Å². The smallest absolute Gasteiger partial charge is 0.0900 e. The highest BCUT2D eigenvalue weighted by atomic mass is 35.5. The Bertz CT molecular complexity index is 608. The first-order valence-electron chi connectivity index (χ1n) is 11.7. The first kappa shape index (κ1) is 21.6. The lowest BCUT2D eigenvalue weighted by atomic mass is 9.54. The van der Waals surface area contributed by atoms with Gasteiger partial charge in [-0.2, -0.15) is 0 Å². The van der Waals surface area contributed by atoms with E-state index in [1.165, 1.54) is 63.4 Å². The number of likely N-dealkylation sites (tertiary alicyclic amines) is 1. The molecule has 0 aromatic heterocycles. The zero-order valence-electron chi connectivity index (χ0n) is 17.7. The van der Waals surface area contributed by atoms with Crippen LogP contribution in [0.1, 0.15) is 56.9 Å². The fraction of sp³-hybridized carbons (Fsp3) is 0.760. The van der Waals surface area contributed by atoms with Gasteiger partial charge in [-0.25, -0.2) is 0 Å². The van der Waals surface area contributed by atoms with Gasteiger partial charge in [-0.05, 0) is 100 Å². The number of hydrogen-bond acceptors (Lipinski definition) is 3. The molecular weight excluding hydrogens is 382 g/mol. The van der Waals surface area contributed by atoms with Crippen molar-refractivity contribution in [1.29, 1.82) is 0 Å². The molecule has 1 aromatic carbocycles. The Kier molecular flexibility index (Phi) is 6.90. The first-order valence-corrected chi connectivity index (χ1v) is 11.7. The van der Waals surface area contributed by atoms with E-state index < -0.39 is 0 Å². The molecule has 5 fully saturated rings. The van der Waals surface area contributed by atoms with Crippen molar-refractivity contribution >= 4 is 12.4 Å². The predicted molar refractivity (Wildman–Crippen MR) is 119 cm³/mol. The van der Waals surface area contributed by atoms with Gasteiger partial charge in [0.05, 0.1) is 18.3 Å². The Labute approximate surface area is 182 Å². The molecule has 4 aliphatic carbocycles. The molecule has 0 spiro atoms. The maximum absolute atomic E-state index is 10.6. The summed E-state index contributed by atoms with van der Waals surface area (Å²) < 4.78 is 6.47. The topological polar surface area (TPSA) is 32.7 Å². The number of piperidine rings is 1. The van der Waals surface area contributed by atoms with Crippen LogP contribution in [0.4, 0.5) is 0 Å². The molecule has 6 rings (SSSR count). The normalized spacial score (nSPS) is 35.4. The van der Waals surface area contributed by atoms with E-state index in [-0.39, 0.29) is 24.1 Å². The maximum Gasteiger partial charge on any atom is 0.0900 e. The number of halogens is 1. The molecule has 4 heteroatoms.